The van der Waals surface area contributed by atoms with E-state index in [0.717, 1.165) is 16.8 Å². The molecule has 0 amide bonds. The fourth-order valence-electron chi connectivity index (χ4n) is 2.57. The highest BCUT2D eigenvalue weighted by Crippen LogP contribution is 2.24. The smallest absolute Gasteiger partial charge is 0.264 e. The van der Waals surface area contributed by atoms with E-state index in [1.807, 2.05) is 44.4 Å². The summed E-state index contributed by atoms with van der Waals surface area (Å²) < 4.78 is 11.2. The van der Waals surface area contributed by atoms with Gasteiger partial charge in [0.2, 0.25) is 11.7 Å². The average Bonchev–Trinajstić information content (AvgIpc) is 3.24. The Labute approximate surface area is 171 Å². The summed E-state index contributed by atoms with van der Waals surface area (Å²) in [6, 6.07) is 7.97. The second-order valence-electron chi connectivity index (χ2n) is 6.18. The largest absolute Gasteiger partial charge is 0.467 e. The Kier molecular flexibility index (Phi) is 5.48. The minimum atomic E-state index is 0.104. The summed E-state index contributed by atoms with van der Waals surface area (Å²) in [4.78, 5) is 22.8. The molecule has 8 nitrogen and oxygen atoms in total. The number of benzene rings is 1. The van der Waals surface area contributed by atoms with Gasteiger partial charge in [-0.2, -0.15) is 9.97 Å². The molecule has 0 aliphatic rings. The molecule has 146 valence electrons. The maximum absolute atomic E-state index is 5.85. The SMILES string of the molecule is CSc1ccc(-c2noc(COc3nc(-c4cnccn4)nc(C)c3C)n2)cc1. The Balaban J connectivity index is 1.52. The summed E-state index contributed by atoms with van der Waals surface area (Å²) in [5, 5.41) is 4.04. The molecular weight excluding hydrogens is 388 g/mol. The number of rotatable bonds is 6. The van der Waals surface area contributed by atoms with Crippen LogP contribution in [0.25, 0.3) is 22.9 Å². The van der Waals surface area contributed by atoms with Crippen LogP contribution in [0.2, 0.25) is 0 Å². The van der Waals surface area contributed by atoms with Crippen LogP contribution in [0.15, 0.2) is 52.3 Å². The third-order valence-corrected chi connectivity index (χ3v) is 5.03. The average molecular weight is 406 g/mol. The summed E-state index contributed by atoms with van der Waals surface area (Å²) >= 11 is 1.68. The first-order valence-electron chi connectivity index (χ1n) is 8.85. The highest BCUT2D eigenvalue weighted by molar-refractivity contribution is 7.98. The molecule has 4 rings (SSSR count). The molecule has 0 bridgehead atoms. The Morgan fingerprint density at radius 3 is 2.55 bits per heavy atom. The van der Waals surface area contributed by atoms with Crippen molar-refractivity contribution in [3.63, 3.8) is 0 Å². The zero-order valence-corrected chi connectivity index (χ0v) is 17.0. The molecule has 0 spiro atoms. The van der Waals surface area contributed by atoms with Crippen molar-refractivity contribution >= 4 is 11.8 Å². The number of nitrogens with zero attached hydrogens (tertiary/aromatic N) is 6. The van der Waals surface area contributed by atoms with Crippen LogP contribution in [0.1, 0.15) is 17.1 Å². The minimum absolute atomic E-state index is 0.104. The van der Waals surface area contributed by atoms with Crippen LogP contribution < -0.4 is 4.74 Å². The molecule has 29 heavy (non-hydrogen) atoms. The van der Waals surface area contributed by atoms with Crippen molar-refractivity contribution in [2.75, 3.05) is 6.26 Å². The third-order valence-electron chi connectivity index (χ3n) is 4.29. The van der Waals surface area contributed by atoms with Crippen LogP contribution in [0.4, 0.5) is 0 Å². The summed E-state index contributed by atoms with van der Waals surface area (Å²) in [5.41, 5.74) is 3.10. The maximum Gasteiger partial charge on any atom is 0.264 e. The molecule has 0 N–H and O–H groups in total. The second-order valence-corrected chi connectivity index (χ2v) is 7.06. The van der Waals surface area contributed by atoms with E-state index in [2.05, 4.69) is 30.1 Å². The monoisotopic (exact) mass is 406 g/mol. The molecule has 4 aromatic rings. The van der Waals surface area contributed by atoms with Crippen LogP contribution in [0, 0.1) is 13.8 Å². The summed E-state index contributed by atoms with van der Waals surface area (Å²) in [7, 11) is 0. The Hall–Kier alpha value is -3.33. The zero-order chi connectivity index (χ0) is 20.2. The van der Waals surface area contributed by atoms with Gasteiger partial charge in [-0.25, -0.2) is 9.97 Å². The highest BCUT2D eigenvalue weighted by atomic mass is 32.2. The predicted molar refractivity (Wildman–Crippen MR) is 108 cm³/mol. The van der Waals surface area contributed by atoms with E-state index in [-0.39, 0.29) is 6.61 Å². The molecule has 0 radical (unpaired) electrons. The van der Waals surface area contributed by atoms with Crippen LogP contribution in [-0.2, 0) is 6.61 Å². The zero-order valence-electron chi connectivity index (χ0n) is 16.2. The Morgan fingerprint density at radius 1 is 1.00 bits per heavy atom. The van der Waals surface area contributed by atoms with E-state index >= 15 is 0 Å². The molecule has 9 heteroatoms. The number of aryl methyl sites for hydroxylation is 1. The first kappa shape index (κ1) is 19.0. The molecule has 1 aromatic carbocycles. The van der Waals surface area contributed by atoms with Crippen LogP contribution >= 0.6 is 11.8 Å². The van der Waals surface area contributed by atoms with Gasteiger partial charge in [0.25, 0.3) is 5.89 Å². The Bertz CT molecular complexity index is 1120. The molecule has 0 aliphatic carbocycles. The van der Waals surface area contributed by atoms with Crippen LogP contribution in [-0.4, -0.2) is 36.3 Å². The van der Waals surface area contributed by atoms with E-state index in [1.165, 1.54) is 4.90 Å². The van der Waals surface area contributed by atoms with Crippen molar-refractivity contribution in [3.8, 4) is 28.8 Å². The lowest BCUT2D eigenvalue weighted by Crippen LogP contribution is -2.04. The predicted octanol–water partition coefficient (Wildman–Crippen LogP) is 3.90. The van der Waals surface area contributed by atoms with Gasteiger partial charge in [0.05, 0.1) is 6.20 Å². The molecule has 3 aromatic heterocycles. The van der Waals surface area contributed by atoms with Gasteiger partial charge in [-0.05, 0) is 44.4 Å². The van der Waals surface area contributed by atoms with Gasteiger partial charge in [0, 0.05) is 34.1 Å². The summed E-state index contributed by atoms with van der Waals surface area (Å²) in [6.45, 7) is 3.90. The van der Waals surface area contributed by atoms with Gasteiger partial charge >= 0.3 is 0 Å². The molecule has 0 aliphatic heterocycles. The summed E-state index contributed by atoms with van der Waals surface area (Å²) in [6.07, 6.45) is 6.84. The molecule has 0 saturated carbocycles. The maximum atomic E-state index is 5.85. The quantitative estimate of drug-likeness (QED) is 0.441. The van der Waals surface area contributed by atoms with Gasteiger partial charge in [-0.3, -0.25) is 4.98 Å². The van der Waals surface area contributed by atoms with Crippen molar-refractivity contribution in [1.82, 2.24) is 30.1 Å². The van der Waals surface area contributed by atoms with Gasteiger partial charge in [-0.15, -0.1) is 11.8 Å². The van der Waals surface area contributed by atoms with Gasteiger partial charge < -0.3 is 9.26 Å². The lowest BCUT2D eigenvalue weighted by Gasteiger charge is -2.10. The van der Waals surface area contributed by atoms with Crippen LogP contribution in [0.5, 0.6) is 5.88 Å². The number of aromatic nitrogens is 6. The molecule has 0 atom stereocenters. The topological polar surface area (TPSA) is 99.7 Å². The lowest BCUT2D eigenvalue weighted by molar-refractivity contribution is 0.234. The van der Waals surface area contributed by atoms with E-state index in [1.54, 1.807) is 30.4 Å². The minimum Gasteiger partial charge on any atom is -0.467 e. The van der Waals surface area contributed by atoms with Crippen molar-refractivity contribution in [3.05, 3.63) is 60.0 Å². The van der Waals surface area contributed by atoms with Gasteiger partial charge in [-0.1, -0.05) is 5.16 Å². The number of ether oxygens (including phenoxy) is 1. The standard InChI is InChI=1S/C20H18N6O2S/c1-12-13(2)23-19(16-10-21-8-9-22-16)25-20(12)27-11-17-24-18(26-28-17)14-4-6-15(29-3)7-5-14/h4-10H,11H2,1-3H3. The summed E-state index contributed by atoms with van der Waals surface area (Å²) in [5.74, 6) is 1.79. The first-order chi connectivity index (χ1) is 14.1. The molecule has 3 heterocycles. The van der Waals surface area contributed by atoms with Crippen molar-refractivity contribution in [2.45, 2.75) is 25.3 Å². The Morgan fingerprint density at radius 2 is 1.83 bits per heavy atom. The van der Waals surface area contributed by atoms with E-state index in [9.17, 15) is 0 Å². The first-order valence-corrected chi connectivity index (χ1v) is 10.1. The second kappa shape index (κ2) is 8.36. The third kappa shape index (κ3) is 4.24. The van der Waals surface area contributed by atoms with Crippen LogP contribution in [0.3, 0.4) is 0 Å². The molecule has 0 unspecified atom stereocenters. The van der Waals surface area contributed by atoms with Crippen molar-refractivity contribution < 1.29 is 9.26 Å². The molecule has 0 fully saturated rings. The van der Waals surface area contributed by atoms with E-state index < -0.39 is 0 Å². The number of thioether (sulfide) groups is 1. The number of hydrogen-bond donors (Lipinski definition) is 0. The fraction of sp³-hybridized carbons (Fsp3) is 0.200. The van der Waals surface area contributed by atoms with Gasteiger partial charge in [0.15, 0.2) is 12.4 Å². The van der Waals surface area contributed by atoms with E-state index in [0.29, 0.717) is 29.1 Å². The molecule has 0 saturated heterocycles. The lowest BCUT2D eigenvalue weighted by atomic mass is 10.2. The van der Waals surface area contributed by atoms with Crippen molar-refractivity contribution in [1.29, 1.82) is 0 Å². The molecular formula is C20H18N6O2S. The van der Waals surface area contributed by atoms with Crippen molar-refractivity contribution in [2.24, 2.45) is 0 Å². The fourth-order valence-corrected chi connectivity index (χ4v) is 2.98. The highest BCUT2D eigenvalue weighted by Gasteiger charge is 2.14. The van der Waals surface area contributed by atoms with Gasteiger partial charge in [0.1, 0.15) is 5.69 Å². The number of hydrogen-bond acceptors (Lipinski definition) is 9. The van der Waals surface area contributed by atoms with E-state index in [4.69, 9.17) is 9.26 Å². The normalized spacial score (nSPS) is 10.9.